The molecular formula is C20H34N4O. The highest BCUT2D eigenvalue weighted by Gasteiger charge is 2.28. The highest BCUT2D eigenvalue weighted by molar-refractivity contribution is 5.34. The van der Waals surface area contributed by atoms with Crippen molar-refractivity contribution in [1.29, 1.82) is 0 Å². The van der Waals surface area contributed by atoms with Crippen LogP contribution in [0, 0.1) is 12.8 Å². The van der Waals surface area contributed by atoms with Crippen LogP contribution in [0.2, 0.25) is 0 Å². The molecule has 3 rings (SSSR count). The summed E-state index contributed by atoms with van der Waals surface area (Å²) in [6.45, 7) is 8.63. The molecule has 0 bridgehead atoms. The summed E-state index contributed by atoms with van der Waals surface area (Å²) in [5, 5.41) is 3.87. The fraction of sp³-hybridized carbons (Fsp3) is 0.800. The van der Waals surface area contributed by atoms with Crippen LogP contribution in [-0.2, 0) is 11.2 Å². The molecule has 0 spiro atoms. The van der Waals surface area contributed by atoms with E-state index in [1.54, 1.807) is 0 Å². The zero-order chi connectivity index (χ0) is 17.8. The van der Waals surface area contributed by atoms with Crippen LogP contribution >= 0.6 is 0 Å². The molecule has 0 radical (unpaired) electrons. The smallest absolute Gasteiger partial charge is 0.225 e. The minimum atomic E-state index is 0.471. The van der Waals surface area contributed by atoms with Crippen molar-refractivity contribution in [1.82, 2.24) is 15.3 Å². The average Bonchev–Trinajstić information content (AvgIpc) is 3.03. The fourth-order valence-corrected chi connectivity index (χ4v) is 4.16. The average molecular weight is 347 g/mol. The summed E-state index contributed by atoms with van der Waals surface area (Å²) < 4.78 is 5.48. The van der Waals surface area contributed by atoms with E-state index < -0.39 is 0 Å². The minimum Gasteiger partial charge on any atom is -0.381 e. The van der Waals surface area contributed by atoms with Gasteiger partial charge in [0.15, 0.2) is 0 Å². The van der Waals surface area contributed by atoms with Gasteiger partial charge in [-0.3, -0.25) is 0 Å². The molecule has 1 aliphatic heterocycles. The van der Waals surface area contributed by atoms with Crippen molar-refractivity contribution in [3.8, 4) is 0 Å². The van der Waals surface area contributed by atoms with Crippen LogP contribution < -0.4 is 10.2 Å². The maximum Gasteiger partial charge on any atom is 0.225 e. The molecule has 1 aromatic heterocycles. The predicted molar refractivity (Wildman–Crippen MR) is 102 cm³/mol. The highest BCUT2D eigenvalue weighted by atomic mass is 16.5. The molecule has 1 N–H and O–H groups in total. The van der Waals surface area contributed by atoms with Crippen molar-refractivity contribution < 1.29 is 4.74 Å². The third-order valence-electron chi connectivity index (χ3n) is 5.46. The van der Waals surface area contributed by atoms with E-state index >= 15 is 0 Å². The maximum absolute atomic E-state index is 5.48. The number of ether oxygens (including phenoxy) is 1. The molecule has 1 saturated carbocycles. The highest BCUT2D eigenvalue weighted by Crippen LogP contribution is 2.23. The number of nitrogens with one attached hydrogen (secondary N) is 1. The van der Waals surface area contributed by atoms with E-state index in [9.17, 15) is 0 Å². The monoisotopic (exact) mass is 346 g/mol. The molecule has 5 nitrogen and oxygen atoms in total. The zero-order valence-corrected chi connectivity index (χ0v) is 16.3. The second-order valence-electron chi connectivity index (χ2n) is 8.21. The number of methoxy groups -OCH3 is 1. The fourth-order valence-electron chi connectivity index (χ4n) is 4.16. The Balaban J connectivity index is 1.55. The summed E-state index contributed by atoms with van der Waals surface area (Å²) in [6.07, 6.45) is 7.51. The molecule has 25 heavy (non-hydrogen) atoms. The van der Waals surface area contributed by atoms with Crippen LogP contribution in [0.15, 0.2) is 6.07 Å². The molecule has 0 aromatic carbocycles. The van der Waals surface area contributed by atoms with Gasteiger partial charge in [-0.15, -0.1) is 0 Å². The Morgan fingerprint density at radius 1 is 1.16 bits per heavy atom. The van der Waals surface area contributed by atoms with Gasteiger partial charge in [-0.05, 0) is 57.4 Å². The molecule has 1 atom stereocenters. The van der Waals surface area contributed by atoms with Gasteiger partial charge in [-0.1, -0.05) is 13.8 Å². The van der Waals surface area contributed by atoms with E-state index in [4.69, 9.17) is 14.7 Å². The number of hydrogen-bond acceptors (Lipinski definition) is 5. The number of aryl methyl sites for hydroxylation is 1. The summed E-state index contributed by atoms with van der Waals surface area (Å²) in [7, 11) is 1.84. The first kappa shape index (κ1) is 18.6. The van der Waals surface area contributed by atoms with E-state index in [2.05, 4.69) is 37.1 Å². The lowest BCUT2D eigenvalue weighted by molar-refractivity contribution is 0.0614. The van der Waals surface area contributed by atoms with Crippen molar-refractivity contribution in [3.63, 3.8) is 0 Å². The Bertz CT molecular complexity index is 555. The summed E-state index contributed by atoms with van der Waals surface area (Å²) in [4.78, 5) is 11.9. The van der Waals surface area contributed by atoms with Crippen LogP contribution in [0.5, 0.6) is 0 Å². The largest absolute Gasteiger partial charge is 0.381 e. The number of anilines is 1. The lowest BCUT2D eigenvalue weighted by atomic mass is 9.92. The van der Waals surface area contributed by atoms with Crippen molar-refractivity contribution in [2.75, 3.05) is 25.1 Å². The zero-order valence-electron chi connectivity index (χ0n) is 16.3. The molecule has 2 heterocycles. The molecule has 1 aliphatic carbocycles. The first-order chi connectivity index (χ1) is 12.0. The topological polar surface area (TPSA) is 50.3 Å². The Morgan fingerprint density at radius 3 is 2.60 bits per heavy atom. The lowest BCUT2D eigenvalue weighted by Crippen LogP contribution is -2.43. The summed E-state index contributed by atoms with van der Waals surface area (Å²) in [6, 6.07) is 3.33. The molecule has 1 saturated heterocycles. The van der Waals surface area contributed by atoms with Crippen LogP contribution in [0.4, 0.5) is 5.95 Å². The predicted octanol–water partition coefficient (Wildman–Crippen LogP) is 3.11. The Labute approximate surface area is 152 Å². The van der Waals surface area contributed by atoms with Gasteiger partial charge in [-0.2, -0.15) is 0 Å². The van der Waals surface area contributed by atoms with Crippen molar-refractivity contribution in [3.05, 3.63) is 17.5 Å². The Kier molecular flexibility index (Phi) is 6.29. The first-order valence-corrected chi connectivity index (χ1v) is 9.92. The molecule has 1 unspecified atom stereocenters. The van der Waals surface area contributed by atoms with E-state index in [1.807, 2.05) is 7.11 Å². The minimum absolute atomic E-state index is 0.471. The lowest BCUT2D eigenvalue weighted by Gasteiger charge is -2.30. The standard InChI is InChI=1S/C20H34N4O/c1-14(2)11-18-12-15(3)21-20(23-18)24-10-9-17(13-24)22-16-5-7-19(25-4)8-6-16/h12,14,16-17,19,22H,5-11,13H2,1-4H3. The summed E-state index contributed by atoms with van der Waals surface area (Å²) >= 11 is 0. The normalized spacial score (nSPS) is 27.2. The second-order valence-corrected chi connectivity index (χ2v) is 8.21. The van der Waals surface area contributed by atoms with Gasteiger partial charge in [0, 0.05) is 43.7 Å². The van der Waals surface area contributed by atoms with Gasteiger partial charge in [0.1, 0.15) is 0 Å². The van der Waals surface area contributed by atoms with Crippen LogP contribution in [0.25, 0.3) is 0 Å². The van der Waals surface area contributed by atoms with Gasteiger partial charge >= 0.3 is 0 Å². The molecule has 0 amide bonds. The number of hydrogen-bond donors (Lipinski definition) is 1. The number of rotatable bonds is 6. The van der Waals surface area contributed by atoms with E-state index in [1.165, 1.54) is 37.8 Å². The molecule has 2 aliphatic rings. The van der Waals surface area contributed by atoms with Gasteiger partial charge in [-0.25, -0.2) is 9.97 Å². The van der Waals surface area contributed by atoms with Gasteiger partial charge < -0.3 is 15.0 Å². The van der Waals surface area contributed by atoms with Crippen molar-refractivity contribution in [2.45, 2.75) is 77.5 Å². The van der Waals surface area contributed by atoms with Crippen LogP contribution in [0.3, 0.4) is 0 Å². The van der Waals surface area contributed by atoms with Crippen molar-refractivity contribution in [2.24, 2.45) is 5.92 Å². The van der Waals surface area contributed by atoms with Crippen LogP contribution in [0.1, 0.15) is 57.3 Å². The second kappa shape index (κ2) is 8.45. The van der Waals surface area contributed by atoms with Crippen LogP contribution in [-0.4, -0.2) is 48.4 Å². The van der Waals surface area contributed by atoms with Gasteiger partial charge in [0.2, 0.25) is 5.95 Å². The van der Waals surface area contributed by atoms with E-state index in [0.717, 1.165) is 31.2 Å². The quantitative estimate of drug-likeness (QED) is 0.858. The van der Waals surface area contributed by atoms with Gasteiger partial charge in [0.05, 0.1) is 6.10 Å². The molecule has 5 heteroatoms. The van der Waals surface area contributed by atoms with E-state index in [-0.39, 0.29) is 0 Å². The number of aromatic nitrogens is 2. The molecule has 140 valence electrons. The molecular weight excluding hydrogens is 312 g/mol. The van der Waals surface area contributed by atoms with E-state index in [0.29, 0.717) is 24.1 Å². The van der Waals surface area contributed by atoms with Crippen molar-refractivity contribution >= 4 is 5.95 Å². The Morgan fingerprint density at radius 2 is 1.92 bits per heavy atom. The molecule has 2 fully saturated rings. The third kappa shape index (κ3) is 5.14. The summed E-state index contributed by atoms with van der Waals surface area (Å²) in [5.41, 5.74) is 2.25. The third-order valence-corrected chi connectivity index (χ3v) is 5.46. The molecule has 1 aromatic rings. The maximum atomic E-state index is 5.48. The first-order valence-electron chi connectivity index (χ1n) is 9.92. The SMILES string of the molecule is COC1CCC(NC2CCN(c3nc(C)cc(CC(C)C)n3)C2)CC1. The summed E-state index contributed by atoms with van der Waals surface area (Å²) in [5.74, 6) is 1.54. The Hall–Kier alpha value is -1.20. The van der Waals surface area contributed by atoms with Gasteiger partial charge in [0.25, 0.3) is 0 Å². The number of nitrogens with zero attached hydrogens (tertiary/aromatic N) is 3.